The van der Waals surface area contributed by atoms with Crippen LogP contribution in [-0.4, -0.2) is 23.0 Å². The monoisotopic (exact) mass is 458 g/mol. The minimum atomic E-state index is -1.31. The molecular formula is C25H15ClN2O5. The van der Waals surface area contributed by atoms with Crippen LogP contribution in [0.2, 0.25) is 5.02 Å². The maximum absolute atomic E-state index is 13.8. The number of hydrogen-bond acceptors (Lipinski definition) is 5. The maximum Gasteiger partial charge on any atom is 0.289 e. The fourth-order valence-electron chi connectivity index (χ4n) is 6.07. The zero-order chi connectivity index (χ0) is 23.1. The molecule has 8 heteroatoms. The number of anilines is 1. The summed E-state index contributed by atoms with van der Waals surface area (Å²) in [5, 5.41) is 11.3. The Hall–Kier alpha value is -3.84. The molecule has 162 valence electrons. The molecule has 3 aliphatic carbocycles. The van der Waals surface area contributed by atoms with Gasteiger partial charge in [-0.25, -0.2) is 4.90 Å². The zero-order valence-electron chi connectivity index (χ0n) is 17.0. The van der Waals surface area contributed by atoms with Crippen molar-refractivity contribution in [2.24, 2.45) is 11.8 Å². The SMILES string of the molecule is O=CC12c3ccccc3C(c3ccccc31)[C@H]1C(=O)N(c3ccc(Cl)c([N+](=O)[O-])c3)C(=O)[C@H]12. The number of carbonyl (C=O) groups excluding carboxylic acids is 3. The van der Waals surface area contributed by atoms with Crippen molar-refractivity contribution in [2.75, 3.05) is 4.90 Å². The molecule has 7 rings (SSSR count). The van der Waals surface area contributed by atoms with Crippen molar-refractivity contribution >= 4 is 41.1 Å². The van der Waals surface area contributed by atoms with Crippen LogP contribution in [0.4, 0.5) is 11.4 Å². The molecule has 2 bridgehead atoms. The van der Waals surface area contributed by atoms with Gasteiger partial charge in [-0.1, -0.05) is 60.1 Å². The number of nitro benzene ring substituents is 1. The van der Waals surface area contributed by atoms with E-state index in [0.717, 1.165) is 39.5 Å². The Balaban J connectivity index is 1.61. The summed E-state index contributed by atoms with van der Waals surface area (Å²) in [5.41, 5.74) is 1.54. The number of nitrogens with zero attached hydrogens (tertiary/aromatic N) is 2. The van der Waals surface area contributed by atoms with E-state index in [4.69, 9.17) is 11.6 Å². The summed E-state index contributed by atoms with van der Waals surface area (Å²) in [6.45, 7) is 0. The molecule has 0 spiro atoms. The fraction of sp³-hybridized carbons (Fsp3) is 0.160. The smallest absolute Gasteiger partial charge is 0.289 e. The van der Waals surface area contributed by atoms with E-state index in [1.54, 1.807) is 0 Å². The number of nitro groups is 1. The molecule has 7 nitrogen and oxygen atoms in total. The number of benzene rings is 3. The Kier molecular flexibility index (Phi) is 3.95. The Labute approximate surface area is 192 Å². The van der Waals surface area contributed by atoms with Crippen LogP contribution in [0.1, 0.15) is 28.2 Å². The number of aldehydes is 1. The van der Waals surface area contributed by atoms with E-state index in [1.165, 1.54) is 12.1 Å². The fourth-order valence-corrected chi connectivity index (χ4v) is 6.25. The summed E-state index contributed by atoms with van der Waals surface area (Å²) in [4.78, 5) is 52.2. The summed E-state index contributed by atoms with van der Waals surface area (Å²) in [6.07, 6.45) is 0.788. The molecule has 3 aromatic carbocycles. The average molecular weight is 459 g/mol. The molecule has 1 aliphatic heterocycles. The van der Waals surface area contributed by atoms with E-state index >= 15 is 0 Å². The molecule has 1 saturated heterocycles. The lowest BCUT2D eigenvalue weighted by atomic mass is 9.48. The largest absolute Gasteiger partial charge is 0.302 e. The van der Waals surface area contributed by atoms with Crippen molar-refractivity contribution in [2.45, 2.75) is 11.3 Å². The Morgan fingerprint density at radius 2 is 1.55 bits per heavy atom. The second kappa shape index (κ2) is 6.59. The predicted octanol–water partition coefficient (Wildman–Crippen LogP) is 4.00. The first-order valence-corrected chi connectivity index (χ1v) is 10.8. The second-order valence-corrected chi connectivity index (χ2v) is 8.95. The van der Waals surface area contributed by atoms with Crippen molar-refractivity contribution in [1.82, 2.24) is 0 Å². The minimum absolute atomic E-state index is 0.0732. The van der Waals surface area contributed by atoms with Gasteiger partial charge in [0, 0.05) is 12.0 Å². The quantitative estimate of drug-likeness (QED) is 0.256. The van der Waals surface area contributed by atoms with Crippen LogP contribution < -0.4 is 4.90 Å². The number of hydrogen-bond donors (Lipinski definition) is 0. The number of amides is 2. The molecule has 2 atom stereocenters. The van der Waals surface area contributed by atoms with Gasteiger partial charge in [0.1, 0.15) is 11.3 Å². The van der Waals surface area contributed by atoms with Crippen LogP contribution in [0.25, 0.3) is 0 Å². The molecule has 0 saturated carbocycles. The van der Waals surface area contributed by atoms with Gasteiger partial charge in [-0.3, -0.25) is 19.7 Å². The molecule has 3 aromatic rings. The maximum atomic E-state index is 13.8. The van der Waals surface area contributed by atoms with Crippen molar-refractivity contribution in [3.8, 4) is 0 Å². The molecule has 0 radical (unpaired) electrons. The Morgan fingerprint density at radius 3 is 2.12 bits per heavy atom. The van der Waals surface area contributed by atoms with Crippen molar-refractivity contribution in [1.29, 1.82) is 0 Å². The molecular weight excluding hydrogens is 444 g/mol. The molecule has 1 fully saturated rings. The van der Waals surface area contributed by atoms with Gasteiger partial charge in [0.15, 0.2) is 0 Å². The molecule has 2 amide bonds. The van der Waals surface area contributed by atoms with Gasteiger partial charge in [0.25, 0.3) is 5.69 Å². The first-order valence-electron chi connectivity index (χ1n) is 10.4. The van der Waals surface area contributed by atoms with Gasteiger partial charge >= 0.3 is 0 Å². The molecule has 0 aromatic heterocycles. The number of imide groups is 1. The van der Waals surface area contributed by atoms with Crippen LogP contribution in [0.15, 0.2) is 66.7 Å². The van der Waals surface area contributed by atoms with Gasteiger partial charge in [-0.15, -0.1) is 0 Å². The number of rotatable bonds is 3. The third-order valence-electron chi connectivity index (χ3n) is 7.25. The van der Waals surface area contributed by atoms with Crippen molar-refractivity contribution in [3.63, 3.8) is 0 Å². The first kappa shape index (κ1) is 19.8. The Bertz CT molecular complexity index is 1370. The lowest BCUT2D eigenvalue weighted by Crippen LogP contribution is -2.54. The normalized spacial score (nSPS) is 26.6. The van der Waals surface area contributed by atoms with E-state index in [-0.39, 0.29) is 10.7 Å². The third kappa shape index (κ3) is 2.27. The molecule has 4 aliphatic rings. The topological polar surface area (TPSA) is 97.6 Å². The van der Waals surface area contributed by atoms with E-state index in [0.29, 0.717) is 0 Å². The van der Waals surface area contributed by atoms with E-state index in [1.807, 2.05) is 48.5 Å². The van der Waals surface area contributed by atoms with Gasteiger partial charge < -0.3 is 4.79 Å². The van der Waals surface area contributed by atoms with Crippen LogP contribution in [0.3, 0.4) is 0 Å². The molecule has 0 unspecified atom stereocenters. The van der Waals surface area contributed by atoms with E-state index in [9.17, 15) is 24.5 Å². The lowest BCUT2D eigenvalue weighted by molar-refractivity contribution is -0.384. The van der Waals surface area contributed by atoms with Crippen LogP contribution >= 0.6 is 11.6 Å². The van der Waals surface area contributed by atoms with Gasteiger partial charge in [0.2, 0.25) is 11.8 Å². The van der Waals surface area contributed by atoms with Crippen LogP contribution in [-0.2, 0) is 19.8 Å². The van der Waals surface area contributed by atoms with E-state index in [2.05, 4.69) is 0 Å². The summed E-state index contributed by atoms with van der Waals surface area (Å²) in [5.74, 6) is -3.13. The molecule has 33 heavy (non-hydrogen) atoms. The highest BCUT2D eigenvalue weighted by Crippen LogP contribution is 2.63. The van der Waals surface area contributed by atoms with Gasteiger partial charge in [0.05, 0.1) is 27.9 Å². The third-order valence-corrected chi connectivity index (χ3v) is 7.57. The summed E-state index contributed by atoms with van der Waals surface area (Å²) >= 11 is 5.94. The van der Waals surface area contributed by atoms with Crippen LogP contribution in [0, 0.1) is 22.0 Å². The van der Waals surface area contributed by atoms with Crippen LogP contribution in [0.5, 0.6) is 0 Å². The summed E-state index contributed by atoms with van der Waals surface area (Å²) < 4.78 is 0. The Morgan fingerprint density at radius 1 is 0.939 bits per heavy atom. The average Bonchev–Trinajstić information content (AvgIpc) is 3.10. The first-order chi connectivity index (χ1) is 15.9. The highest BCUT2D eigenvalue weighted by Gasteiger charge is 2.68. The standard InChI is InChI=1S/C25H15ClN2O5/c26-18-10-9-13(11-19(18)28(32)33)27-23(30)21-20-14-5-1-3-7-16(14)25(12-29,22(21)24(27)31)17-8-4-2-6-15(17)20/h1-12,20-22H/t20?,21-,22+,25?/m1/s1. The lowest BCUT2D eigenvalue weighted by Gasteiger charge is -2.51. The predicted molar refractivity (Wildman–Crippen MR) is 119 cm³/mol. The number of halogens is 1. The zero-order valence-corrected chi connectivity index (χ0v) is 17.7. The summed E-state index contributed by atoms with van der Waals surface area (Å²) in [6, 6.07) is 18.7. The van der Waals surface area contributed by atoms with E-state index < -0.39 is 45.6 Å². The summed E-state index contributed by atoms with van der Waals surface area (Å²) in [7, 11) is 0. The van der Waals surface area contributed by atoms with Gasteiger partial charge in [-0.2, -0.15) is 0 Å². The van der Waals surface area contributed by atoms with Crippen molar-refractivity contribution < 1.29 is 19.3 Å². The van der Waals surface area contributed by atoms with Crippen molar-refractivity contribution in [3.05, 3.63) is 104 Å². The highest BCUT2D eigenvalue weighted by molar-refractivity contribution is 6.33. The number of carbonyl (C=O) groups is 3. The molecule has 0 N–H and O–H groups in total. The second-order valence-electron chi connectivity index (χ2n) is 8.55. The van der Waals surface area contributed by atoms with Gasteiger partial charge in [-0.05, 0) is 34.4 Å². The highest BCUT2D eigenvalue weighted by atomic mass is 35.5. The molecule has 1 heterocycles. The minimum Gasteiger partial charge on any atom is -0.302 e.